The van der Waals surface area contributed by atoms with Crippen molar-refractivity contribution >= 4 is 11.3 Å². The third-order valence-corrected chi connectivity index (χ3v) is 5.63. The average Bonchev–Trinajstić information content (AvgIpc) is 3.02. The predicted molar refractivity (Wildman–Crippen MR) is 75.9 cm³/mol. The molecule has 4 unspecified atom stereocenters. The molecular weight excluding hydrogens is 242 g/mol. The highest BCUT2D eigenvalue weighted by molar-refractivity contribution is 7.11. The molecule has 0 spiro atoms. The Bertz CT molecular complexity index is 403. The van der Waals surface area contributed by atoms with Crippen molar-refractivity contribution in [3.05, 3.63) is 16.1 Å². The van der Waals surface area contributed by atoms with E-state index in [9.17, 15) is 0 Å². The first-order valence-electron chi connectivity index (χ1n) is 7.13. The SMILES string of the molecule is Cc1cnc(C(C)NCC2NCC3CCCC32)s1. The molecule has 18 heavy (non-hydrogen) atoms. The van der Waals surface area contributed by atoms with E-state index in [-0.39, 0.29) is 0 Å². The van der Waals surface area contributed by atoms with Crippen LogP contribution in [0.4, 0.5) is 0 Å². The Balaban J connectivity index is 1.52. The number of nitrogens with one attached hydrogen (secondary N) is 2. The molecule has 1 aliphatic carbocycles. The number of aryl methyl sites for hydroxylation is 1. The van der Waals surface area contributed by atoms with Gasteiger partial charge in [-0.2, -0.15) is 0 Å². The zero-order chi connectivity index (χ0) is 12.5. The second kappa shape index (κ2) is 5.27. The van der Waals surface area contributed by atoms with Crippen molar-refractivity contribution in [3.63, 3.8) is 0 Å². The third-order valence-electron chi connectivity index (χ3n) is 4.53. The summed E-state index contributed by atoms with van der Waals surface area (Å²) >= 11 is 1.80. The Kier molecular flexibility index (Phi) is 3.68. The Labute approximate surface area is 113 Å². The number of rotatable bonds is 4. The minimum absolute atomic E-state index is 0.381. The van der Waals surface area contributed by atoms with Crippen LogP contribution in [0.3, 0.4) is 0 Å². The molecule has 0 aromatic carbocycles. The van der Waals surface area contributed by atoms with Crippen molar-refractivity contribution in [3.8, 4) is 0 Å². The first-order chi connectivity index (χ1) is 8.74. The lowest BCUT2D eigenvalue weighted by Crippen LogP contribution is -2.38. The molecule has 0 bridgehead atoms. The first-order valence-corrected chi connectivity index (χ1v) is 7.95. The molecular formula is C14H23N3S. The molecule has 3 nitrogen and oxygen atoms in total. The lowest BCUT2D eigenvalue weighted by atomic mass is 9.94. The van der Waals surface area contributed by atoms with Gasteiger partial charge in [-0.25, -0.2) is 4.98 Å². The third kappa shape index (κ3) is 2.46. The summed E-state index contributed by atoms with van der Waals surface area (Å²) in [6, 6.07) is 1.06. The summed E-state index contributed by atoms with van der Waals surface area (Å²) in [4.78, 5) is 5.76. The summed E-state index contributed by atoms with van der Waals surface area (Å²) in [5, 5.41) is 8.56. The number of nitrogens with zero attached hydrogens (tertiary/aromatic N) is 1. The Hall–Kier alpha value is -0.450. The standard InChI is InChI=1S/C14H23N3S/c1-9-6-17-14(18-9)10(2)15-8-13-12-5-3-4-11(12)7-16-13/h6,10-13,15-16H,3-5,7-8H2,1-2H3. The fourth-order valence-corrected chi connectivity index (χ4v) is 4.29. The Morgan fingerprint density at radius 1 is 1.56 bits per heavy atom. The van der Waals surface area contributed by atoms with Gasteiger partial charge in [-0.15, -0.1) is 11.3 Å². The van der Waals surface area contributed by atoms with Crippen LogP contribution in [0.2, 0.25) is 0 Å². The van der Waals surface area contributed by atoms with Gasteiger partial charge < -0.3 is 10.6 Å². The lowest BCUT2D eigenvalue weighted by molar-refractivity contribution is 0.380. The Morgan fingerprint density at radius 3 is 3.22 bits per heavy atom. The van der Waals surface area contributed by atoms with Crippen LogP contribution in [-0.4, -0.2) is 24.1 Å². The average molecular weight is 265 g/mol. The van der Waals surface area contributed by atoms with E-state index in [0.29, 0.717) is 12.1 Å². The molecule has 1 aliphatic heterocycles. The highest BCUT2D eigenvalue weighted by atomic mass is 32.1. The summed E-state index contributed by atoms with van der Waals surface area (Å²) in [6.07, 6.45) is 6.28. The molecule has 2 fully saturated rings. The van der Waals surface area contributed by atoms with Crippen LogP contribution in [0.25, 0.3) is 0 Å². The monoisotopic (exact) mass is 265 g/mol. The maximum atomic E-state index is 4.46. The van der Waals surface area contributed by atoms with Gasteiger partial charge in [-0.3, -0.25) is 0 Å². The highest BCUT2D eigenvalue weighted by Crippen LogP contribution is 2.37. The molecule has 0 amide bonds. The van der Waals surface area contributed by atoms with Gasteiger partial charge in [-0.1, -0.05) is 6.42 Å². The topological polar surface area (TPSA) is 37.0 Å². The maximum Gasteiger partial charge on any atom is 0.109 e. The fourth-order valence-electron chi connectivity index (χ4n) is 3.49. The van der Waals surface area contributed by atoms with Crippen LogP contribution in [0.15, 0.2) is 6.20 Å². The number of fused-ring (bicyclic) bond motifs is 1. The van der Waals surface area contributed by atoms with E-state index >= 15 is 0 Å². The van der Waals surface area contributed by atoms with Crippen molar-refractivity contribution in [1.82, 2.24) is 15.6 Å². The summed E-state index contributed by atoms with van der Waals surface area (Å²) in [6.45, 7) is 6.66. The van der Waals surface area contributed by atoms with E-state index in [1.54, 1.807) is 11.3 Å². The summed E-state index contributed by atoms with van der Waals surface area (Å²) in [5.74, 6) is 1.87. The van der Waals surface area contributed by atoms with Crippen molar-refractivity contribution in [2.24, 2.45) is 11.8 Å². The molecule has 4 heteroatoms. The van der Waals surface area contributed by atoms with Gasteiger partial charge in [0.2, 0.25) is 0 Å². The van der Waals surface area contributed by atoms with E-state index in [4.69, 9.17) is 0 Å². The first kappa shape index (κ1) is 12.6. The van der Waals surface area contributed by atoms with Crippen LogP contribution in [-0.2, 0) is 0 Å². The summed E-state index contributed by atoms with van der Waals surface area (Å²) in [7, 11) is 0. The largest absolute Gasteiger partial charge is 0.312 e. The van der Waals surface area contributed by atoms with Gasteiger partial charge in [0.25, 0.3) is 0 Å². The van der Waals surface area contributed by atoms with Crippen molar-refractivity contribution < 1.29 is 0 Å². The van der Waals surface area contributed by atoms with Crippen LogP contribution in [0, 0.1) is 18.8 Å². The van der Waals surface area contributed by atoms with Crippen LogP contribution >= 0.6 is 11.3 Å². The summed E-state index contributed by atoms with van der Waals surface area (Å²) < 4.78 is 0. The molecule has 0 radical (unpaired) electrons. The van der Waals surface area contributed by atoms with Gasteiger partial charge in [0.1, 0.15) is 5.01 Å². The number of thiazole rings is 1. The van der Waals surface area contributed by atoms with Gasteiger partial charge in [0.15, 0.2) is 0 Å². The van der Waals surface area contributed by atoms with E-state index in [1.165, 1.54) is 35.7 Å². The van der Waals surface area contributed by atoms with Gasteiger partial charge in [-0.05, 0) is 45.1 Å². The number of hydrogen-bond acceptors (Lipinski definition) is 4. The molecule has 2 heterocycles. The van der Waals surface area contributed by atoms with Crippen molar-refractivity contribution in [2.45, 2.75) is 45.2 Å². The molecule has 2 N–H and O–H groups in total. The van der Waals surface area contributed by atoms with Gasteiger partial charge >= 0.3 is 0 Å². The quantitative estimate of drug-likeness (QED) is 0.878. The van der Waals surface area contributed by atoms with E-state index in [1.807, 2.05) is 6.20 Å². The number of hydrogen-bond donors (Lipinski definition) is 2. The molecule has 100 valence electrons. The normalized spacial score (nSPS) is 32.7. The van der Waals surface area contributed by atoms with E-state index in [0.717, 1.165) is 18.4 Å². The molecule has 2 aliphatic rings. The fraction of sp³-hybridized carbons (Fsp3) is 0.786. The van der Waals surface area contributed by atoms with Crippen LogP contribution < -0.4 is 10.6 Å². The predicted octanol–water partition coefficient (Wildman–Crippen LogP) is 2.49. The molecule has 1 saturated heterocycles. The van der Waals surface area contributed by atoms with Crippen molar-refractivity contribution in [1.29, 1.82) is 0 Å². The molecule has 1 aromatic heterocycles. The smallest absolute Gasteiger partial charge is 0.109 e. The molecule has 3 rings (SSSR count). The van der Waals surface area contributed by atoms with E-state index < -0.39 is 0 Å². The second-order valence-electron chi connectivity index (χ2n) is 5.81. The highest BCUT2D eigenvalue weighted by Gasteiger charge is 2.38. The van der Waals surface area contributed by atoms with E-state index in [2.05, 4.69) is 29.5 Å². The lowest BCUT2D eigenvalue weighted by Gasteiger charge is -2.21. The minimum atomic E-state index is 0.381. The van der Waals surface area contributed by atoms with Gasteiger partial charge in [0, 0.05) is 23.7 Å². The van der Waals surface area contributed by atoms with Gasteiger partial charge in [0.05, 0.1) is 6.04 Å². The molecule has 1 saturated carbocycles. The second-order valence-corrected chi connectivity index (χ2v) is 7.08. The van der Waals surface area contributed by atoms with Crippen LogP contribution in [0.1, 0.15) is 42.1 Å². The number of aromatic nitrogens is 1. The molecule has 1 aromatic rings. The zero-order valence-electron chi connectivity index (χ0n) is 11.3. The van der Waals surface area contributed by atoms with Crippen molar-refractivity contribution in [2.75, 3.05) is 13.1 Å². The van der Waals surface area contributed by atoms with Crippen LogP contribution in [0.5, 0.6) is 0 Å². The minimum Gasteiger partial charge on any atom is -0.312 e. The maximum absolute atomic E-state index is 4.46. The zero-order valence-corrected chi connectivity index (χ0v) is 12.1. The summed E-state index contributed by atoms with van der Waals surface area (Å²) in [5.41, 5.74) is 0. The molecule has 4 atom stereocenters. The Morgan fingerprint density at radius 2 is 2.44 bits per heavy atom.